The topological polar surface area (TPSA) is 56.7 Å². The van der Waals surface area contributed by atoms with Crippen molar-refractivity contribution in [2.24, 2.45) is 0 Å². The van der Waals surface area contributed by atoms with E-state index >= 15 is 0 Å². The fraction of sp³-hybridized carbons (Fsp3) is 0.105. The van der Waals surface area contributed by atoms with E-state index in [-0.39, 0.29) is 0 Å². The summed E-state index contributed by atoms with van der Waals surface area (Å²) in [6.07, 6.45) is 5.33. The fourth-order valence-electron chi connectivity index (χ4n) is 2.60. The normalized spacial score (nSPS) is 10.9. The Hall–Kier alpha value is -2.86. The number of pyridine rings is 1. The van der Waals surface area contributed by atoms with E-state index < -0.39 is 0 Å². The van der Waals surface area contributed by atoms with Crippen molar-refractivity contribution in [1.29, 1.82) is 0 Å². The highest BCUT2D eigenvalue weighted by Gasteiger charge is 2.18. The molecule has 0 bridgehead atoms. The first-order valence-corrected chi connectivity index (χ1v) is 8.88. The first kappa shape index (κ1) is 15.7. The van der Waals surface area contributed by atoms with Crippen molar-refractivity contribution in [2.75, 3.05) is 0 Å². The first-order valence-electron chi connectivity index (χ1n) is 7.90. The summed E-state index contributed by atoms with van der Waals surface area (Å²) in [5.41, 5.74) is 3.12. The maximum atomic E-state index is 5.45. The molecule has 0 unspecified atom stereocenters. The summed E-state index contributed by atoms with van der Waals surface area (Å²) in [6, 6.07) is 16.1. The second-order valence-electron chi connectivity index (χ2n) is 5.52. The van der Waals surface area contributed by atoms with E-state index in [1.54, 1.807) is 24.2 Å². The van der Waals surface area contributed by atoms with Crippen LogP contribution < -0.4 is 0 Å². The van der Waals surface area contributed by atoms with Crippen molar-refractivity contribution in [3.8, 4) is 17.1 Å². The Bertz CT molecular complexity index is 964. The number of furan rings is 1. The van der Waals surface area contributed by atoms with E-state index in [4.69, 9.17) is 4.42 Å². The van der Waals surface area contributed by atoms with Crippen LogP contribution in [0.5, 0.6) is 0 Å². The molecule has 0 amide bonds. The van der Waals surface area contributed by atoms with Gasteiger partial charge < -0.3 is 4.42 Å². The number of para-hydroxylation sites is 1. The van der Waals surface area contributed by atoms with Gasteiger partial charge in [0.25, 0.3) is 0 Å². The van der Waals surface area contributed by atoms with Gasteiger partial charge in [-0.2, -0.15) is 0 Å². The average molecular weight is 348 g/mol. The van der Waals surface area contributed by atoms with Crippen molar-refractivity contribution in [3.63, 3.8) is 0 Å². The zero-order valence-corrected chi connectivity index (χ0v) is 14.5. The smallest absolute Gasteiger partial charge is 0.196 e. The lowest BCUT2D eigenvalue weighted by atomic mass is 10.2. The number of thioether (sulfide) groups is 1. The van der Waals surface area contributed by atoms with E-state index in [9.17, 15) is 0 Å². The molecular formula is C19H16N4OS. The van der Waals surface area contributed by atoms with Gasteiger partial charge in [0, 0.05) is 23.8 Å². The summed E-state index contributed by atoms with van der Waals surface area (Å²) in [5, 5.41) is 9.68. The minimum atomic E-state index is 0.781. The van der Waals surface area contributed by atoms with Crippen LogP contribution in [-0.2, 0) is 5.75 Å². The number of aryl methyl sites for hydroxylation is 1. The predicted molar refractivity (Wildman–Crippen MR) is 97.6 cm³/mol. The summed E-state index contributed by atoms with van der Waals surface area (Å²) in [7, 11) is 0. The van der Waals surface area contributed by atoms with Gasteiger partial charge in [-0.3, -0.25) is 9.55 Å². The monoisotopic (exact) mass is 348 g/mol. The molecule has 0 aliphatic heterocycles. The molecule has 5 nitrogen and oxygen atoms in total. The molecule has 4 aromatic rings. The maximum absolute atomic E-state index is 5.45. The number of rotatable bonds is 5. The Morgan fingerprint density at radius 1 is 1.04 bits per heavy atom. The van der Waals surface area contributed by atoms with Gasteiger partial charge in [-0.15, -0.1) is 10.2 Å². The minimum absolute atomic E-state index is 0.781. The molecule has 4 rings (SSSR count). The first-order chi connectivity index (χ1) is 12.3. The number of aromatic nitrogens is 4. The quantitative estimate of drug-likeness (QED) is 0.496. The van der Waals surface area contributed by atoms with Gasteiger partial charge in [-0.25, -0.2) is 0 Å². The van der Waals surface area contributed by atoms with Gasteiger partial charge >= 0.3 is 0 Å². The standard InChI is InChI=1S/C19H16N4OS/c1-14-17(9-11-24-14)18-21-22-19(23(18)16-7-3-2-4-8-16)25-13-15-6-5-10-20-12-15/h2-12H,13H2,1H3. The average Bonchev–Trinajstić information content (AvgIpc) is 3.27. The lowest BCUT2D eigenvalue weighted by molar-refractivity contribution is 0.535. The maximum Gasteiger partial charge on any atom is 0.196 e. The number of hydrogen-bond donors (Lipinski definition) is 0. The Morgan fingerprint density at radius 2 is 1.92 bits per heavy atom. The highest BCUT2D eigenvalue weighted by molar-refractivity contribution is 7.98. The minimum Gasteiger partial charge on any atom is -0.469 e. The van der Waals surface area contributed by atoms with Crippen molar-refractivity contribution in [1.82, 2.24) is 19.7 Å². The van der Waals surface area contributed by atoms with Crippen molar-refractivity contribution >= 4 is 11.8 Å². The molecule has 0 aliphatic carbocycles. The Morgan fingerprint density at radius 3 is 2.64 bits per heavy atom. The van der Waals surface area contributed by atoms with Gasteiger partial charge in [-0.1, -0.05) is 36.0 Å². The third-order valence-corrected chi connectivity index (χ3v) is 4.84. The third kappa shape index (κ3) is 3.21. The molecule has 0 saturated carbocycles. The lowest BCUT2D eigenvalue weighted by Gasteiger charge is -2.09. The van der Waals surface area contributed by atoms with Crippen LogP contribution in [0.4, 0.5) is 0 Å². The van der Waals surface area contributed by atoms with Crippen LogP contribution in [0.2, 0.25) is 0 Å². The third-order valence-electron chi connectivity index (χ3n) is 3.84. The zero-order chi connectivity index (χ0) is 17.1. The lowest BCUT2D eigenvalue weighted by Crippen LogP contribution is -1.99. The van der Waals surface area contributed by atoms with Crippen LogP contribution >= 0.6 is 11.8 Å². The number of benzene rings is 1. The second-order valence-corrected chi connectivity index (χ2v) is 6.46. The van der Waals surface area contributed by atoms with Gasteiger partial charge in [0.05, 0.1) is 11.8 Å². The van der Waals surface area contributed by atoms with Gasteiger partial charge in [0.1, 0.15) is 5.76 Å². The molecule has 0 radical (unpaired) electrons. The molecule has 124 valence electrons. The summed E-state index contributed by atoms with van der Waals surface area (Å²) in [4.78, 5) is 4.17. The molecule has 0 saturated heterocycles. The van der Waals surface area contributed by atoms with E-state index in [1.165, 1.54) is 0 Å². The van der Waals surface area contributed by atoms with Crippen LogP contribution in [0.3, 0.4) is 0 Å². The molecule has 0 spiro atoms. The van der Waals surface area contributed by atoms with Crippen LogP contribution in [0.1, 0.15) is 11.3 Å². The van der Waals surface area contributed by atoms with Gasteiger partial charge in [0.15, 0.2) is 11.0 Å². The second kappa shape index (κ2) is 6.94. The Balaban J connectivity index is 1.74. The molecule has 0 atom stereocenters. The van der Waals surface area contributed by atoms with Crippen molar-refractivity contribution in [2.45, 2.75) is 17.8 Å². The van der Waals surface area contributed by atoms with E-state index in [0.717, 1.165) is 39.3 Å². The SMILES string of the molecule is Cc1occc1-c1nnc(SCc2cccnc2)n1-c1ccccc1. The van der Waals surface area contributed by atoms with E-state index in [0.29, 0.717) is 0 Å². The van der Waals surface area contributed by atoms with E-state index in [2.05, 4.69) is 37.9 Å². The summed E-state index contributed by atoms with van der Waals surface area (Å²) < 4.78 is 7.52. The van der Waals surface area contributed by atoms with Crippen LogP contribution in [0.25, 0.3) is 17.1 Å². The predicted octanol–water partition coefficient (Wildman–Crippen LogP) is 4.52. The Kier molecular flexibility index (Phi) is 4.35. The molecule has 3 aromatic heterocycles. The highest BCUT2D eigenvalue weighted by Crippen LogP contribution is 2.31. The van der Waals surface area contributed by atoms with Crippen molar-refractivity contribution in [3.05, 3.63) is 78.5 Å². The number of nitrogens with zero attached hydrogens (tertiary/aromatic N) is 4. The molecule has 25 heavy (non-hydrogen) atoms. The van der Waals surface area contributed by atoms with Gasteiger partial charge in [-0.05, 0) is 36.8 Å². The summed E-state index contributed by atoms with van der Waals surface area (Å²) in [6.45, 7) is 1.93. The fourth-order valence-corrected chi connectivity index (χ4v) is 3.48. The van der Waals surface area contributed by atoms with Crippen molar-refractivity contribution < 1.29 is 4.42 Å². The zero-order valence-electron chi connectivity index (χ0n) is 13.7. The molecule has 0 aliphatic rings. The number of hydrogen-bond acceptors (Lipinski definition) is 5. The molecule has 1 aromatic carbocycles. The van der Waals surface area contributed by atoms with Gasteiger partial charge in [0.2, 0.25) is 0 Å². The Labute approximate surface area is 149 Å². The van der Waals surface area contributed by atoms with Crippen LogP contribution in [0.15, 0.2) is 76.8 Å². The molecule has 0 fully saturated rings. The molecule has 0 N–H and O–H groups in total. The summed E-state index contributed by atoms with van der Waals surface area (Å²) in [5.74, 6) is 2.39. The van der Waals surface area contributed by atoms with E-state index in [1.807, 2.05) is 43.5 Å². The molecular weight excluding hydrogens is 332 g/mol. The largest absolute Gasteiger partial charge is 0.469 e. The van der Waals surface area contributed by atoms with Crippen LogP contribution in [0, 0.1) is 6.92 Å². The summed E-state index contributed by atoms with van der Waals surface area (Å²) >= 11 is 1.64. The molecule has 3 heterocycles. The highest BCUT2D eigenvalue weighted by atomic mass is 32.2. The van der Waals surface area contributed by atoms with Crippen LogP contribution in [-0.4, -0.2) is 19.7 Å². The molecule has 6 heteroatoms.